The summed E-state index contributed by atoms with van der Waals surface area (Å²) in [7, 11) is 0. The molecule has 0 radical (unpaired) electrons. The highest BCUT2D eigenvalue weighted by Gasteiger charge is 2.25. The molecule has 16 heavy (non-hydrogen) atoms. The van der Waals surface area contributed by atoms with Gasteiger partial charge in [-0.25, -0.2) is 4.98 Å². The summed E-state index contributed by atoms with van der Waals surface area (Å²) in [6.07, 6.45) is 4.62. The fourth-order valence-corrected chi connectivity index (χ4v) is 1.97. The van der Waals surface area contributed by atoms with E-state index < -0.39 is 0 Å². The molecule has 0 unspecified atom stereocenters. The zero-order valence-electron chi connectivity index (χ0n) is 9.75. The molecule has 0 aliphatic heterocycles. The standard InChI is InChI=1S/C14H16N2/c1-9-3-4-12(7-10(9)2)14-15-8-13(16-14)11-5-6-11/h3-4,7-8,11H,5-6H2,1-2H3,(H,15,16). The van der Waals surface area contributed by atoms with Crippen LogP contribution in [-0.2, 0) is 0 Å². The molecule has 2 nitrogen and oxygen atoms in total. The summed E-state index contributed by atoms with van der Waals surface area (Å²) in [4.78, 5) is 7.89. The summed E-state index contributed by atoms with van der Waals surface area (Å²) in [5.74, 6) is 1.75. The van der Waals surface area contributed by atoms with Gasteiger partial charge < -0.3 is 4.98 Å². The average Bonchev–Trinajstić information content (AvgIpc) is 3.01. The molecule has 0 bridgehead atoms. The second-order valence-corrected chi connectivity index (χ2v) is 4.76. The smallest absolute Gasteiger partial charge is 0.137 e. The van der Waals surface area contributed by atoms with Crippen LogP contribution in [0.5, 0.6) is 0 Å². The molecule has 0 amide bonds. The molecule has 1 aromatic heterocycles. The Bertz CT molecular complexity index is 521. The lowest BCUT2D eigenvalue weighted by Gasteiger charge is -2.02. The minimum atomic E-state index is 0.743. The number of nitrogens with zero attached hydrogens (tertiary/aromatic N) is 1. The number of aryl methyl sites for hydroxylation is 2. The van der Waals surface area contributed by atoms with Crippen LogP contribution in [-0.4, -0.2) is 9.97 Å². The van der Waals surface area contributed by atoms with Gasteiger partial charge in [-0.2, -0.15) is 0 Å². The quantitative estimate of drug-likeness (QED) is 0.810. The van der Waals surface area contributed by atoms with Gasteiger partial charge in [0.05, 0.1) is 0 Å². The van der Waals surface area contributed by atoms with Gasteiger partial charge in [0.2, 0.25) is 0 Å². The number of benzene rings is 1. The van der Waals surface area contributed by atoms with E-state index in [0.29, 0.717) is 0 Å². The van der Waals surface area contributed by atoms with Crippen molar-refractivity contribution in [1.82, 2.24) is 9.97 Å². The number of aromatic amines is 1. The lowest BCUT2D eigenvalue weighted by atomic mass is 10.1. The molecule has 82 valence electrons. The summed E-state index contributed by atoms with van der Waals surface area (Å²) in [5, 5.41) is 0. The summed E-state index contributed by atoms with van der Waals surface area (Å²) < 4.78 is 0. The van der Waals surface area contributed by atoms with Gasteiger partial charge >= 0.3 is 0 Å². The summed E-state index contributed by atoms with van der Waals surface area (Å²) in [6.45, 7) is 4.28. The van der Waals surface area contributed by atoms with Crippen LogP contribution in [0.3, 0.4) is 0 Å². The Kier molecular flexibility index (Phi) is 2.10. The van der Waals surface area contributed by atoms with Crippen LogP contribution >= 0.6 is 0 Å². The molecule has 0 saturated heterocycles. The Morgan fingerprint density at radius 2 is 2.00 bits per heavy atom. The minimum Gasteiger partial charge on any atom is -0.342 e. The van der Waals surface area contributed by atoms with Crippen molar-refractivity contribution in [3.05, 3.63) is 41.2 Å². The molecule has 2 heteroatoms. The molecule has 1 aliphatic carbocycles. The minimum absolute atomic E-state index is 0.743. The molecular formula is C14H16N2. The summed E-state index contributed by atoms with van der Waals surface area (Å²) in [6, 6.07) is 6.49. The van der Waals surface area contributed by atoms with Crippen molar-refractivity contribution in [2.75, 3.05) is 0 Å². The van der Waals surface area contributed by atoms with Crippen molar-refractivity contribution in [3.8, 4) is 11.4 Å². The van der Waals surface area contributed by atoms with E-state index in [1.165, 1.54) is 35.2 Å². The van der Waals surface area contributed by atoms with Gasteiger partial charge in [0.25, 0.3) is 0 Å². The Hall–Kier alpha value is -1.57. The van der Waals surface area contributed by atoms with E-state index in [0.717, 1.165) is 11.7 Å². The molecule has 1 aliphatic rings. The van der Waals surface area contributed by atoms with Crippen LogP contribution in [0.1, 0.15) is 35.6 Å². The lowest BCUT2D eigenvalue weighted by Crippen LogP contribution is -1.85. The van der Waals surface area contributed by atoms with Gasteiger partial charge in [-0.1, -0.05) is 12.1 Å². The third-order valence-corrected chi connectivity index (χ3v) is 3.39. The van der Waals surface area contributed by atoms with Gasteiger partial charge in [0.1, 0.15) is 5.82 Å². The molecule has 2 aromatic rings. The van der Waals surface area contributed by atoms with Gasteiger partial charge in [-0.05, 0) is 43.9 Å². The fourth-order valence-electron chi connectivity index (χ4n) is 1.97. The highest BCUT2D eigenvalue weighted by molar-refractivity contribution is 5.57. The Labute approximate surface area is 95.7 Å². The summed E-state index contributed by atoms with van der Waals surface area (Å²) in [5.41, 5.74) is 5.14. The van der Waals surface area contributed by atoms with Crippen LogP contribution < -0.4 is 0 Å². The van der Waals surface area contributed by atoms with Gasteiger partial charge in [-0.3, -0.25) is 0 Å². The van der Waals surface area contributed by atoms with Gasteiger partial charge in [0, 0.05) is 23.4 Å². The van der Waals surface area contributed by atoms with Crippen LogP contribution in [0.25, 0.3) is 11.4 Å². The average molecular weight is 212 g/mol. The molecule has 3 rings (SSSR count). The van der Waals surface area contributed by atoms with E-state index in [2.05, 4.69) is 42.0 Å². The van der Waals surface area contributed by atoms with E-state index in [1.807, 2.05) is 6.20 Å². The van der Waals surface area contributed by atoms with E-state index >= 15 is 0 Å². The molecule has 1 N–H and O–H groups in total. The molecule has 1 aromatic carbocycles. The van der Waals surface area contributed by atoms with Gasteiger partial charge in [-0.15, -0.1) is 0 Å². The number of hydrogen-bond donors (Lipinski definition) is 1. The van der Waals surface area contributed by atoms with Crippen molar-refractivity contribution in [2.24, 2.45) is 0 Å². The summed E-state index contributed by atoms with van der Waals surface area (Å²) >= 11 is 0. The number of aromatic nitrogens is 2. The van der Waals surface area contributed by atoms with Crippen molar-refractivity contribution in [1.29, 1.82) is 0 Å². The van der Waals surface area contributed by atoms with Crippen LogP contribution in [0.4, 0.5) is 0 Å². The zero-order chi connectivity index (χ0) is 11.1. The monoisotopic (exact) mass is 212 g/mol. The predicted molar refractivity (Wildman–Crippen MR) is 65.5 cm³/mol. The SMILES string of the molecule is Cc1ccc(-c2ncc(C3CC3)[nH]2)cc1C. The normalized spacial score (nSPS) is 15.4. The molecule has 1 fully saturated rings. The first-order valence-corrected chi connectivity index (χ1v) is 5.86. The second kappa shape index (κ2) is 3.48. The maximum Gasteiger partial charge on any atom is 0.137 e. The van der Waals surface area contributed by atoms with Crippen molar-refractivity contribution >= 4 is 0 Å². The number of rotatable bonds is 2. The number of hydrogen-bond acceptors (Lipinski definition) is 1. The Balaban J connectivity index is 1.97. The number of imidazole rings is 1. The van der Waals surface area contributed by atoms with Gasteiger partial charge in [0.15, 0.2) is 0 Å². The largest absolute Gasteiger partial charge is 0.342 e. The Morgan fingerprint density at radius 3 is 2.69 bits per heavy atom. The highest BCUT2D eigenvalue weighted by atomic mass is 14.9. The highest BCUT2D eigenvalue weighted by Crippen LogP contribution is 2.39. The first kappa shape index (κ1) is 9.64. The second-order valence-electron chi connectivity index (χ2n) is 4.76. The molecular weight excluding hydrogens is 196 g/mol. The lowest BCUT2D eigenvalue weighted by molar-refractivity contribution is 1.05. The fraction of sp³-hybridized carbons (Fsp3) is 0.357. The van der Waals surface area contributed by atoms with Crippen LogP contribution in [0.15, 0.2) is 24.4 Å². The zero-order valence-corrected chi connectivity index (χ0v) is 9.75. The van der Waals surface area contributed by atoms with E-state index in [1.54, 1.807) is 0 Å². The third kappa shape index (κ3) is 1.64. The Morgan fingerprint density at radius 1 is 1.19 bits per heavy atom. The maximum atomic E-state index is 4.46. The third-order valence-electron chi connectivity index (χ3n) is 3.39. The predicted octanol–water partition coefficient (Wildman–Crippen LogP) is 3.57. The van der Waals surface area contributed by atoms with E-state index in [4.69, 9.17) is 0 Å². The number of nitrogens with one attached hydrogen (secondary N) is 1. The van der Waals surface area contributed by atoms with E-state index in [-0.39, 0.29) is 0 Å². The van der Waals surface area contributed by atoms with Crippen molar-refractivity contribution < 1.29 is 0 Å². The first-order valence-electron chi connectivity index (χ1n) is 5.86. The van der Waals surface area contributed by atoms with E-state index in [9.17, 15) is 0 Å². The van der Waals surface area contributed by atoms with Crippen molar-refractivity contribution in [3.63, 3.8) is 0 Å². The van der Waals surface area contributed by atoms with Crippen molar-refractivity contribution in [2.45, 2.75) is 32.6 Å². The number of H-pyrrole nitrogens is 1. The molecule has 0 atom stereocenters. The molecule has 1 saturated carbocycles. The molecule has 1 heterocycles. The maximum absolute atomic E-state index is 4.46. The van der Waals surface area contributed by atoms with Crippen LogP contribution in [0.2, 0.25) is 0 Å². The first-order chi connectivity index (χ1) is 7.74. The molecule has 0 spiro atoms. The topological polar surface area (TPSA) is 28.7 Å². The van der Waals surface area contributed by atoms with Crippen LogP contribution in [0, 0.1) is 13.8 Å².